The van der Waals surface area contributed by atoms with Crippen LogP contribution >= 0.6 is 0 Å². The summed E-state index contributed by atoms with van der Waals surface area (Å²) in [5.74, 6) is -0.0119. The van der Waals surface area contributed by atoms with Gasteiger partial charge >= 0.3 is 0 Å². The maximum atomic E-state index is 14.1. The predicted molar refractivity (Wildman–Crippen MR) is 80.1 cm³/mol. The molecule has 0 spiro atoms. The molecule has 1 fully saturated rings. The molecule has 5 heteroatoms. The number of rotatable bonds is 4. The lowest BCUT2D eigenvalue weighted by atomic mass is 10.2. The molecule has 4 nitrogen and oxygen atoms in total. The summed E-state index contributed by atoms with van der Waals surface area (Å²) in [6.07, 6.45) is 4.12. The number of nitrogens with zero attached hydrogens (tertiary/aromatic N) is 3. The Hall–Kier alpha value is -2.04. The normalized spacial score (nSPS) is 14.7. The SMILES string of the molecule is Cc1c(COc2ccc(N3CCCC3)cc2F)cnn1C. The monoisotopic (exact) mass is 289 g/mol. The average Bonchev–Trinajstić information content (AvgIpc) is 3.11. The zero-order valence-corrected chi connectivity index (χ0v) is 12.5. The second-order valence-corrected chi connectivity index (χ2v) is 5.48. The van der Waals surface area contributed by atoms with Gasteiger partial charge in [-0.15, -0.1) is 0 Å². The number of benzene rings is 1. The Bertz CT molecular complexity index is 632. The summed E-state index contributed by atoms with van der Waals surface area (Å²) >= 11 is 0. The largest absolute Gasteiger partial charge is 0.486 e. The second kappa shape index (κ2) is 5.76. The van der Waals surface area contributed by atoms with Gasteiger partial charge in [0.25, 0.3) is 0 Å². The van der Waals surface area contributed by atoms with E-state index in [-0.39, 0.29) is 5.82 Å². The van der Waals surface area contributed by atoms with E-state index in [4.69, 9.17) is 4.74 Å². The lowest BCUT2D eigenvalue weighted by Crippen LogP contribution is -2.17. The minimum absolute atomic E-state index is 0.293. The van der Waals surface area contributed by atoms with Crippen LogP contribution in [0, 0.1) is 12.7 Å². The van der Waals surface area contributed by atoms with Crippen LogP contribution in [-0.4, -0.2) is 22.9 Å². The zero-order valence-electron chi connectivity index (χ0n) is 12.5. The lowest BCUT2D eigenvalue weighted by Gasteiger charge is -2.18. The zero-order chi connectivity index (χ0) is 14.8. The van der Waals surface area contributed by atoms with Crippen LogP contribution in [0.25, 0.3) is 0 Å². The first-order valence-corrected chi connectivity index (χ1v) is 7.30. The van der Waals surface area contributed by atoms with Crippen LogP contribution in [0.15, 0.2) is 24.4 Å². The van der Waals surface area contributed by atoms with Crippen molar-refractivity contribution in [2.24, 2.45) is 7.05 Å². The molecule has 0 amide bonds. The predicted octanol–water partition coefficient (Wildman–Crippen LogP) is 3.05. The first-order valence-electron chi connectivity index (χ1n) is 7.30. The van der Waals surface area contributed by atoms with Gasteiger partial charge in [0.2, 0.25) is 0 Å². The van der Waals surface area contributed by atoms with E-state index < -0.39 is 0 Å². The van der Waals surface area contributed by atoms with E-state index in [2.05, 4.69) is 10.00 Å². The van der Waals surface area contributed by atoms with Crippen LogP contribution in [0.3, 0.4) is 0 Å². The first-order chi connectivity index (χ1) is 10.1. The number of aryl methyl sites for hydroxylation is 1. The van der Waals surface area contributed by atoms with E-state index >= 15 is 0 Å². The van der Waals surface area contributed by atoms with Crippen molar-refractivity contribution in [3.8, 4) is 5.75 Å². The Balaban J connectivity index is 1.69. The lowest BCUT2D eigenvalue weighted by molar-refractivity contribution is 0.289. The van der Waals surface area contributed by atoms with Gasteiger partial charge in [0.05, 0.1) is 6.20 Å². The highest BCUT2D eigenvalue weighted by molar-refractivity contribution is 5.50. The van der Waals surface area contributed by atoms with Crippen LogP contribution in [-0.2, 0) is 13.7 Å². The van der Waals surface area contributed by atoms with Gasteiger partial charge in [-0.3, -0.25) is 4.68 Å². The number of ether oxygens (including phenoxy) is 1. The summed E-state index contributed by atoms with van der Waals surface area (Å²) in [5.41, 5.74) is 2.94. The number of hydrogen-bond donors (Lipinski definition) is 0. The summed E-state index contributed by atoms with van der Waals surface area (Å²) in [6, 6.07) is 5.21. The molecule has 0 saturated carbocycles. The molecule has 0 N–H and O–H groups in total. The van der Waals surface area contributed by atoms with Crippen LogP contribution in [0.5, 0.6) is 5.75 Å². The molecule has 0 aliphatic carbocycles. The summed E-state index contributed by atoms with van der Waals surface area (Å²) in [6.45, 7) is 4.32. The van der Waals surface area contributed by atoms with Crippen molar-refractivity contribution in [2.45, 2.75) is 26.4 Å². The van der Waals surface area contributed by atoms with Crippen molar-refractivity contribution in [2.75, 3.05) is 18.0 Å². The number of anilines is 1. The molecular formula is C16H20FN3O. The standard InChI is InChI=1S/C16H20FN3O/c1-12-13(10-18-19(12)2)11-21-16-6-5-14(9-15(16)17)20-7-3-4-8-20/h5-6,9-10H,3-4,7-8,11H2,1-2H3. The van der Waals surface area contributed by atoms with E-state index in [1.54, 1.807) is 23.0 Å². The fourth-order valence-electron chi connectivity index (χ4n) is 2.62. The van der Waals surface area contributed by atoms with Crippen LogP contribution < -0.4 is 9.64 Å². The Kier molecular flexibility index (Phi) is 3.82. The van der Waals surface area contributed by atoms with Gasteiger partial charge in [0.15, 0.2) is 11.6 Å². The Labute approximate surface area is 124 Å². The smallest absolute Gasteiger partial charge is 0.167 e. The Morgan fingerprint density at radius 3 is 2.67 bits per heavy atom. The summed E-state index contributed by atoms with van der Waals surface area (Å²) in [4.78, 5) is 2.21. The van der Waals surface area contributed by atoms with Gasteiger partial charge in [-0.2, -0.15) is 5.10 Å². The molecule has 1 saturated heterocycles. The van der Waals surface area contributed by atoms with E-state index in [0.717, 1.165) is 30.0 Å². The Morgan fingerprint density at radius 2 is 2.05 bits per heavy atom. The fourth-order valence-corrected chi connectivity index (χ4v) is 2.62. The molecular weight excluding hydrogens is 269 g/mol. The number of halogens is 1. The van der Waals surface area contributed by atoms with Gasteiger partial charge in [-0.25, -0.2) is 4.39 Å². The molecule has 1 aliphatic rings. The van der Waals surface area contributed by atoms with Crippen molar-refractivity contribution < 1.29 is 9.13 Å². The van der Waals surface area contributed by atoms with E-state index in [1.165, 1.54) is 12.8 Å². The summed E-state index contributed by atoms with van der Waals surface area (Å²) in [7, 11) is 1.88. The van der Waals surface area contributed by atoms with E-state index in [0.29, 0.717) is 12.4 Å². The molecule has 0 radical (unpaired) electrons. The summed E-state index contributed by atoms with van der Waals surface area (Å²) < 4.78 is 21.5. The second-order valence-electron chi connectivity index (χ2n) is 5.48. The van der Waals surface area contributed by atoms with Crippen LogP contribution in [0.1, 0.15) is 24.1 Å². The van der Waals surface area contributed by atoms with Gasteiger partial charge < -0.3 is 9.64 Å². The first kappa shape index (κ1) is 13.9. The maximum absolute atomic E-state index is 14.1. The minimum Gasteiger partial charge on any atom is -0.486 e. The van der Waals surface area contributed by atoms with Crippen molar-refractivity contribution in [1.82, 2.24) is 9.78 Å². The molecule has 2 aromatic rings. The molecule has 112 valence electrons. The van der Waals surface area contributed by atoms with Crippen molar-refractivity contribution in [3.05, 3.63) is 41.5 Å². The fraction of sp³-hybridized carbons (Fsp3) is 0.438. The highest BCUT2D eigenvalue weighted by Gasteiger charge is 2.15. The van der Waals surface area contributed by atoms with Crippen LogP contribution in [0.2, 0.25) is 0 Å². The van der Waals surface area contributed by atoms with Crippen molar-refractivity contribution >= 4 is 5.69 Å². The minimum atomic E-state index is -0.305. The molecule has 0 bridgehead atoms. The molecule has 1 aromatic carbocycles. The van der Waals surface area contributed by atoms with Crippen LogP contribution in [0.4, 0.5) is 10.1 Å². The van der Waals surface area contributed by atoms with Crippen molar-refractivity contribution in [1.29, 1.82) is 0 Å². The topological polar surface area (TPSA) is 30.3 Å². The van der Waals surface area contributed by atoms with Gasteiger partial charge in [0, 0.05) is 43.1 Å². The molecule has 1 aliphatic heterocycles. The van der Waals surface area contributed by atoms with Gasteiger partial charge in [0.1, 0.15) is 6.61 Å². The highest BCUT2D eigenvalue weighted by atomic mass is 19.1. The quantitative estimate of drug-likeness (QED) is 0.866. The third-order valence-corrected chi connectivity index (χ3v) is 4.11. The average molecular weight is 289 g/mol. The third-order valence-electron chi connectivity index (χ3n) is 4.11. The molecule has 3 rings (SSSR count). The van der Waals surface area contributed by atoms with Crippen molar-refractivity contribution in [3.63, 3.8) is 0 Å². The third kappa shape index (κ3) is 2.86. The molecule has 21 heavy (non-hydrogen) atoms. The van der Waals surface area contributed by atoms with E-state index in [9.17, 15) is 4.39 Å². The molecule has 0 atom stereocenters. The Morgan fingerprint density at radius 1 is 1.29 bits per heavy atom. The number of aromatic nitrogens is 2. The number of hydrogen-bond acceptors (Lipinski definition) is 3. The molecule has 2 heterocycles. The molecule has 1 aromatic heterocycles. The van der Waals surface area contributed by atoms with Gasteiger partial charge in [-0.05, 0) is 31.9 Å². The highest BCUT2D eigenvalue weighted by Crippen LogP contribution is 2.27. The summed E-state index contributed by atoms with van der Waals surface area (Å²) in [5, 5.41) is 4.15. The van der Waals surface area contributed by atoms with Gasteiger partial charge in [-0.1, -0.05) is 0 Å². The maximum Gasteiger partial charge on any atom is 0.167 e. The van der Waals surface area contributed by atoms with E-state index in [1.807, 2.05) is 20.0 Å². The molecule has 0 unspecified atom stereocenters.